The van der Waals surface area contributed by atoms with Crippen molar-refractivity contribution in [3.05, 3.63) is 36.0 Å². The molecule has 1 aromatic carbocycles. The van der Waals surface area contributed by atoms with Crippen molar-refractivity contribution in [2.24, 2.45) is 0 Å². The van der Waals surface area contributed by atoms with Crippen LogP contribution < -0.4 is 0 Å². The van der Waals surface area contributed by atoms with E-state index in [-0.39, 0.29) is 5.39 Å². The van der Waals surface area contributed by atoms with Gasteiger partial charge in [0.25, 0.3) is 5.95 Å². The van der Waals surface area contributed by atoms with E-state index in [2.05, 4.69) is 10.2 Å². The molecule has 0 unspecified atom stereocenters. The molecule has 0 saturated carbocycles. The van der Waals surface area contributed by atoms with Crippen molar-refractivity contribution < 1.29 is 8.78 Å². The molecule has 0 spiro atoms. The van der Waals surface area contributed by atoms with Crippen molar-refractivity contribution in [3.63, 3.8) is 0 Å². The van der Waals surface area contributed by atoms with Gasteiger partial charge in [0.2, 0.25) is 0 Å². The summed E-state index contributed by atoms with van der Waals surface area (Å²) in [6, 6.07) is 6.34. The lowest BCUT2D eigenvalue weighted by atomic mass is 10.2. The summed E-state index contributed by atoms with van der Waals surface area (Å²) in [5.41, 5.74) is 0.358. The third kappa shape index (κ3) is 0.922. The predicted molar refractivity (Wildman–Crippen MR) is 39.5 cm³/mol. The van der Waals surface area contributed by atoms with Crippen LogP contribution in [-0.2, 0) is 0 Å². The first-order valence-corrected chi connectivity index (χ1v) is 3.35. The van der Waals surface area contributed by atoms with Gasteiger partial charge in [-0.25, -0.2) is 4.39 Å². The Hall–Kier alpha value is -1.58. The van der Waals surface area contributed by atoms with Gasteiger partial charge in [-0.2, -0.15) is 4.39 Å². The van der Waals surface area contributed by atoms with Crippen molar-refractivity contribution in [1.29, 1.82) is 0 Å². The van der Waals surface area contributed by atoms with Crippen LogP contribution in [0.25, 0.3) is 10.9 Å². The van der Waals surface area contributed by atoms with Crippen molar-refractivity contribution in [2.75, 3.05) is 0 Å². The highest BCUT2D eigenvalue weighted by molar-refractivity contribution is 5.78. The Morgan fingerprint density at radius 1 is 1.00 bits per heavy atom. The first-order valence-electron chi connectivity index (χ1n) is 3.35. The van der Waals surface area contributed by atoms with Gasteiger partial charge < -0.3 is 0 Å². The number of hydrogen-bond donors (Lipinski definition) is 0. The number of hydrogen-bond acceptors (Lipinski definition) is 2. The normalized spacial score (nSPS) is 10.5. The summed E-state index contributed by atoms with van der Waals surface area (Å²) >= 11 is 0. The van der Waals surface area contributed by atoms with Crippen LogP contribution in [0.2, 0.25) is 0 Å². The van der Waals surface area contributed by atoms with E-state index in [0.29, 0.717) is 5.52 Å². The Bertz CT molecular complexity index is 428. The SMILES string of the molecule is Fc1nnc2ccccc2c1F. The topological polar surface area (TPSA) is 25.8 Å². The lowest BCUT2D eigenvalue weighted by Crippen LogP contribution is -1.94. The molecule has 12 heavy (non-hydrogen) atoms. The summed E-state index contributed by atoms with van der Waals surface area (Å²) in [7, 11) is 0. The van der Waals surface area contributed by atoms with Crippen LogP contribution in [0.15, 0.2) is 24.3 Å². The predicted octanol–water partition coefficient (Wildman–Crippen LogP) is 1.91. The van der Waals surface area contributed by atoms with Crippen LogP contribution in [0, 0.1) is 11.8 Å². The Labute approximate surface area is 66.9 Å². The van der Waals surface area contributed by atoms with Gasteiger partial charge in [-0.15, -0.1) is 10.2 Å². The number of halogens is 2. The first-order chi connectivity index (χ1) is 5.79. The minimum Gasteiger partial charge on any atom is -0.201 e. The van der Waals surface area contributed by atoms with E-state index in [1.165, 1.54) is 6.07 Å². The van der Waals surface area contributed by atoms with E-state index in [0.717, 1.165) is 0 Å². The fraction of sp³-hybridized carbons (Fsp3) is 0. The molecule has 0 aliphatic heterocycles. The van der Waals surface area contributed by atoms with E-state index in [9.17, 15) is 8.78 Å². The highest BCUT2D eigenvalue weighted by Gasteiger charge is 2.07. The molecule has 0 aliphatic rings. The van der Waals surface area contributed by atoms with E-state index < -0.39 is 11.8 Å². The van der Waals surface area contributed by atoms with Crippen molar-refractivity contribution in [3.8, 4) is 0 Å². The monoisotopic (exact) mass is 166 g/mol. The molecule has 4 heteroatoms. The zero-order valence-corrected chi connectivity index (χ0v) is 5.96. The zero-order chi connectivity index (χ0) is 8.55. The van der Waals surface area contributed by atoms with Crippen LogP contribution in [-0.4, -0.2) is 10.2 Å². The molecule has 2 nitrogen and oxygen atoms in total. The molecule has 0 aliphatic carbocycles. The van der Waals surface area contributed by atoms with Gasteiger partial charge in [-0.3, -0.25) is 0 Å². The van der Waals surface area contributed by atoms with E-state index >= 15 is 0 Å². The van der Waals surface area contributed by atoms with E-state index in [4.69, 9.17) is 0 Å². The van der Waals surface area contributed by atoms with Gasteiger partial charge in [0.05, 0.1) is 5.52 Å². The Balaban J connectivity index is 2.91. The number of nitrogens with zero attached hydrogens (tertiary/aromatic N) is 2. The summed E-state index contributed by atoms with van der Waals surface area (Å²) in [5, 5.41) is 6.65. The van der Waals surface area contributed by atoms with Crippen molar-refractivity contribution in [2.45, 2.75) is 0 Å². The Kier molecular flexibility index (Phi) is 1.46. The van der Waals surface area contributed by atoms with Crippen LogP contribution in [0.3, 0.4) is 0 Å². The molecule has 0 atom stereocenters. The average molecular weight is 166 g/mol. The van der Waals surface area contributed by atoms with Gasteiger partial charge in [0.15, 0.2) is 5.82 Å². The Morgan fingerprint density at radius 3 is 2.58 bits per heavy atom. The molecule has 1 heterocycles. The summed E-state index contributed by atoms with van der Waals surface area (Å²) in [6.45, 7) is 0. The number of fused-ring (bicyclic) bond motifs is 1. The molecule has 0 amide bonds. The molecule has 1 aromatic heterocycles. The summed E-state index contributed by atoms with van der Waals surface area (Å²) in [4.78, 5) is 0. The standard InChI is InChI=1S/C8H4F2N2/c9-7-5-3-1-2-4-6(5)11-12-8(7)10/h1-4H. The number of benzene rings is 1. The first kappa shape index (κ1) is 7.09. The molecule has 0 saturated heterocycles. The maximum atomic E-state index is 12.9. The molecular weight excluding hydrogens is 162 g/mol. The molecule has 0 fully saturated rings. The number of aromatic nitrogens is 2. The molecule has 60 valence electrons. The van der Waals surface area contributed by atoms with Gasteiger partial charge in [-0.05, 0) is 12.1 Å². The van der Waals surface area contributed by atoms with Crippen LogP contribution in [0.1, 0.15) is 0 Å². The van der Waals surface area contributed by atoms with Crippen LogP contribution in [0.5, 0.6) is 0 Å². The zero-order valence-electron chi connectivity index (χ0n) is 5.96. The fourth-order valence-electron chi connectivity index (χ4n) is 0.999. The highest BCUT2D eigenvalue weighted by Crippen LogP contribution is 2.14. The molecule has 0 N–H and O–H groups in total. The lowest BCUT2D eigenvalue weighted by Gasteiger charge is -1.96. The maximum Gasteiger partial charge on any atom is 0.269 e. The average Bonchev–Trinajstić information content (AvgIpc) is 2.12. The molecule has 0 radical (unpaired) electrons. The number of rotatable bonds is 0. The molecule has 0 bridgehead atoms. The second kappa shape index (κ2) is 2.48. The largest absolute Gasteiger partial charge is 0.269 e. The van der Waals surface area contributed by atoms with Crippen molar-refractivity contribution in [1.82, 2.24) is 10.2 Å². The van der Waals surface area contributed by atoms with E-state index in [1.54, 1.807) is 18.2 Å². The van der Waals surface area contributed by atoms with Crippen LogP contribution in [0.4, 0.5) is 8.78 Å². The Morgan fingerprint density at radius 2 is 1.75 bits per heavy atom. The van der Waals surface area contributed by atoms with Crippen molar-refractivity contribution >= 4 is 10.9 Å². The smallest absolute Gasteiger partial charge is 0.201 e. The van der Waals surface area contributed by atoms with Gasteiger partial charge in [0.1, 0.15) is 0 Å². The minimum absolute atomic E-state index is 0.157. The molecule has 2 aromatic rings. The minimum atomic E-state index is -1.16. The molecular formula is C8H4F2N2. The van der Waals surface area contributed by atoms with Crippen LogP contribution >= 0.6 is 0 Å². The lowest BCUT2D eigenvalue weighted by molar-refractivity contribution is 0.475. The van der Waals surface area contributed by atoms with E-state index in [1.807, 2.05) is 0 Å². The second-order valence-electron chi connectivity index (χ2n) is 2.32. The van der Waals surface area contributed by atoms with Gasteiger partial charge in [0, 0.05) is 5.39 Å². The summed E-state index contributed by atoms with van der Waals surface area (Å²) in [6.07, 6.45) is 0. The third-order valence-corrected chi connectivity index (χ3v) is 1.57. The highest BCUT2D eigenvalue weighted by atomic mass is 19.2. The summed E-state index contributed by atoms with van der Waals surface area (Å²) < 4.78 is 25.4. The summed E-state index contributed by atoms with van der Waals surface area (Å²) in [5.74, 6) is -2.10. The van der Waals surface area contributed by atoms with Gasteiger partial charge in [-0.1, -0.05) is 12.1 Å². The fourth-order valence-corrected chi connectivity index (χ4v) is 0.999. The second-order valence-corrected chi connectivity index (χ2v) is 2.32. The molecule has 2 rings (SSSR count). The maximum absolute atomic E-state index is 12.9. The quantitative estimate of drug-likeness (QED) is 0.597. The third-order valence-electron chi connectivity index (χ3n) is 1.57. The van der Waals surface area contributed by atoms with Gasteiger partial charge >= 0.3 is 0 Å².